The first-order valence-corrected chi connectivity index (χ1v) is 9.64. The van der Waals surface area contributed by atoms with Crippen LogP contribution in [-0.2, 0) is 13.0 Å². The highest BCUT2D eigenvalue weighted by atomic mass is 79.9. The summed E-state index contributed by atoms with van der Waals surface area (Å²) >= 11 is 3.49. The van der Waals surface area contributed by atoms with Crippen LogP contribution in [0.2, 0.25) is 0 Å². The van der Waals surface area contributed by atoms with Crippen LogP contribution in [0.1, 0.15) is 32.9 Å². The van der Waals surface area contributed by atoms with Crippen molar-refractivity contribution < 1.29 is 4.79 Å². The van der Waals surface area contributed by atoms with E-state index in [0.717, 1.165) is 39.1 Å². The fraction of sp³-hybridized carbons (Fsp3) is 0.238. The zero-order chi connectivity index (χ0) is 19.4. The molecule has 0 unspecified atom stereocenters. The van der Waals surface area contributed by atoms with Gasteiger partial charge in [-0.2, -0.15) is 5.10 Å². The maximum Gasteiger partial charge on any atom is 0.255 e. The van der Waals surface area contributed by atoms with Gasteiger partial charge in [-0.1, -0.05) is 40.2 Å². The van der Waals surface area contributed by atoms with E-state index in [1.165, 1.54) is 0 Å². The molecule has 0 bridgehead atoms. The van der Waals surface area contributed by atoms with Crippen molar-refractivity contribution in [1.82, 2.24) is 15.1 Å². The van der Waals surface area contributed by atoms with Crippen molar-refractivity contribution in [2.24, 2.45) is 0 Å². The predicted molar refractivity (Wildman–Crippen MR) is 112 cm³/mol. The third kappa shape index (κ3) is 4.77. The molecule has 0 spiro atoms. The summed E-state index contributed by atoms with van der Waals surface area (Å²) in [5.74, 6) is -0.0825. The minimum Gasteiger partial charge on any atom is -0.399 e. The summed E-state index contributed by atoms with van der Waals surface area (Å²) in [5.41, 5.74) is 11.0. The second-order valence-electron chi connectivity index (χ2n) is 6.58. The van der Waals surface area contributed by atoms with Gasteiger partial charge < -0.3 is 11.1 Å². The van der Waals surface area contributed by atoms with E-state index >= 15 is 0 Å². The molecule has 0 radical (unpaired) electrons. The molecule has 1 heterocycles. The molecule has 3 rings (SSSR count). The maximum atomic E-state index is 12.7. The third-order valence-corrected chi connectivity index (χ3v) is 5.00. The standard InChI is InChI=1S/C21H23BrN4O/c1-14-20(21(27)24-11-10-16-6-8-19(23)9-7-16)15(2)26(25-14)13-17-4-3-5-18(22)12-17/h3-9,12H,10-11,13,23H2,1-2H3,(H,24,27). The number of nitrogens with two attached hydrogens (primary N) is 1. The Morgan fingerprint density at radius 1 is 1.15 bits per heavy atom. The summed E-state index contributed by atoms with van der Waals surface area (Å²) in [6.45, 7) is 5.01. The topological polar surface area (TPSA) is 72.9 Å². The van der Waals surface area contributed by atoms with Crippen molar-refractivity contribution in [1.29, 1.82) is 0 Å². The third-order valence-electron chi connectivity index (χ3n) is 4.51. The molecular weight excluding hydrogens is 404 g/mol. The number of nitrogens with zero attached hydrogens (tertiary/aromatic N) is 2. The lowest BCUT2D eigenvalue weighted by Gasteiger charge is -2.08. The SMILES string of the molecule is Cc1nn(Cc2cccc(Br)c2)c(C)c1C(=O)NCCc1ccc(N)cc1. The number of carbonyl (C=O) groups excluding carboxylic acids is 1. The maximum absolute atomic E-state index is 12.7. The summed E-state index contributed by atoms with van der Waals surface area (Å²) in [7, 11) is 0. The Morgan fingerprint density at radius 2 is 1.89 bits per heavy atom. The minimum atomic E-state index is -0.0825. The van der Waals surface area contributed by atoms with Crippen LogP contribution in [0, 0.1) is 13.8 Å². The quantitative estimate of drug-likeness (QED) is 0.587. The highest BCUT2D eigenvalue weighted by molar-refractivity contribution is 9.10. The molecule has 27 heavy (non-hydrogen) atoms. The Bertz CT molecular complexity index is 947. The fourth-order valence-electron chi connectivity index (χ4n) is 3.08. The van der Waals surface area contributed by atoms with Gasteiger partial charge in [-0.15, -0.1) is 0 Å². The molecule has 1 amide bonds. The van der Waals surface area contributed by atoms with Crippen LogP contribution in [-0.4, -0.2) is 22.2 Å². The Morgan fingerprint density at radius 3 is 2.59 bits per heavy atom. The average molecular weight is 427 g/mol. The summed E-state index contributed by atoms with van der Waals surface area (Å²) in [6.07, 6.45) is 0.760. The van der Waals surface area contributed by atoms with Crippen molar-refractivity contribution in [3.05, 3.63) is 81.1 Å². The molecular formula is C21H23BrN4O. The first-order chi connectivity index (χ1) is 12.9. The number of aryl methyl sites for hydroxylation is 1. The average Bonchev–Trinajstić information content (AvgIpc) is 2.90. The summed E-state index contributed by atoms with van der Waals surface area (Å²) in [6, 6.07) is 15.8. The van der Waals surface area contributed by atoms with E-state index in [4.69, 9.17) is 5.73 Å². The molecule has 140 valence electrons. The number of benzene rings is 2. The molecule has 3 N–H and O–H groups in total. The van der Waals surface area contributed by atoms with E-state index in [0.29, 0.717) is 18.7 Å². The number of hydrogen-bond donors (Lipinski definition) is 2. The van der Waals surface area contributed by atoms with Gasteiger partial charge in [-0.05, 0) is 55.7 Å². The van der Waals surface area contributed by atoms with E-state index in [1.54, 1.807) is 0 Å². The van der Waals surface area contributed by atoms with Crippen molar-refractivity contribution in [2.45, 2.75) is 26.8 Å². The Balaban J connectivity index is 1.66. The van der Waals surface area contributed by atoms with E-state index in [-0.39, 0.29) is 5.91 Å². The number of nitrogen functional groups attached to an aromatic ring is 1. The van der Waals surface area contributed by atoms with Crippen molar-refractivity contribution in [2.75, 3.05) is 12.3 Å². The van der Waals surface area contributed by atoms with Gasteiger partial charge in [0.15, 0.2) is 0 Å². The summed E-state index contributed by atoms with van der Waals surface area (Å²) in [5, 5.41) is 7.56. The lowest BCUT2D eigenvalue weighted by Crippen LogP contribution is -2.26. The zero-order valence-electron chi connectivity index (χ0n) is 15.5. The minimum absolute atomic E-state index is 0.0825. The van der Waals surface area contributed by atoms with Gasteiger partial charge in [0.2, 0.25) is 0 Å². The normalized spacial score (nSPS) is 10.8. The smallest absolute Gasteiger partial charge is 0.255 e. The molecule has 0 aliphatic rings. The Kier molecular flexibility index (Phi) is 5.96. The molecule has 0 fully saturated rings. The van der Waals surface area contributed by atoms with Crippen LogP contribution in [0.25, 0.3) is 0 Å². The van der Waals surface area contributed by atoms with Gasteiger partial charge in [-0.25, -0.2) is 0 Å². The lowest BCUT2D eigenvalue weighted by molar-refractivity contribution is 0.0953. The lowest BCUT2D eigenvalue weighted by atomic mass is 10.1. The van der Waals surface area contributed by atoms with Gasteiger partial charge in [0, 0.05) is 22.4 Å². The molecule has 0 aliphatic heterocycles. The van der Waals surface area contributed by atoms with E-state index in [9.17, 15) is 4.79 Å². The number of hydrogen-bond acceptors (Lipinski definition) is 3. The monoisotopic (exact) mass is 426 g/mol. The van der Waals surface area contributed by atoms with Gasteiger partial charge in [0.05, 0.1) is 17.8 Å². The van der Waals surface area contributed by atoms with Gasteiger partial charge >= 0.3 is 0 Å². The number of amides is 1. The van der Waals surface area contributed by atoms with Crippen LogP contribution in [0.4, 0.5) is 5.69 Å². The van der Waals surface area contributed by atoms with Crippen LogP contribution in [0.3, 0.4) is 0 Å². The van der Waals surface area contributed by atoms with Crippen LogP contribution >= 0.6 is 15.9 Å². The fourth-order valence-corrected chi connectivity index (χ4v) is 3.53. The number of nitrogens with one attached hydrogen (secondary N) is 1. The number of aromatic nitrogens is 2. The molecule has 0 atom stereocenters. The van der Waals surface area contributed by atoms with Gasteiger partial charge in [0.1, 0.15) is 0 Å². The second kappa shape index (κ2) is 8.39. The molecule has 1 aromatic heterocycles. The molecule has 5 nitrogen and oxygen atoms in total. The van der Waals surface area contributed by atoms with Crippen molar-refractivity contribution >= 4 is 27.5 Å². The zero-order valence-corrected chi connectivity index (χ0v) is 17.1. The van der Waals surface area contributed by atoms with E-state index < -0.39 is 0 Å². The highest BCUT2D eigenvalue weighted by Crippen LogP contribution is 2.17. The summed E-state index contributed by atoms with van der Waals surface area (Å²) in [4.78, 5) is 12.7. The molecule has 3 aromatic rings. The molecule has 2 aromatic carbocycles. The Hall–Kier alpha value is -2.60. The van der Waals surface area contributed by atoms with E-state index in [2.05, 4.69) is 32.4 Å². The number of carbonyl (C=O) groups is 1. The first-order valence-electron chi connectivity index (χ1n) is 8.85. The Labute approximate surface area is 167 Å². The van der Waals surface area contributed by atoms with Crippen LogP contribution < -0.4 is 11.1 Å². The molecule has 0 aliphatic carbocycles. The predicted octanol–water partition coefficient (Wildman–Crippen LogP) is 3.87. The summed E-state index contributed by atoms with van der Waals surface area (Å²) < 4.78 is 2.91. The van der Waals surface area contributed by atoms with E-state index in [1.807, 2.05) is 61.0 Å². The number of anilines is 1. The van der Waals surface area contributed by atoms with Crippen LogP contribution in [0.5, 0.6) is 0 Å². The molecule has 6 heteroatoms. The first kappa shape index (κ1) is 19.2. The van der Waals surface area contributed by atoms with Gasteiger partial charge in [-0.3, -0.25) is 9.48 Å². The number of rotatable bonds is 6. The van der Waals surface area contributed by atoms with Crippen molar-refractivity contribution in [3.63, 3.8) is 0 Å². The van der Waals surface area contributed by atoms with Gasteiger partial charge in [0.25, 0.3) is 5.91 Å². The molecule has 0 saturated carbocycles. The van der Waals surface area contributed by atoms with Crippen molar-refractivity contribution in [3.8, 4) is 0 Å². The van der Waals surface area contributed by atoms with Crippen LogP contribution in [0.15, 0.2) is 53.0 Å². The largest absolute Gasteiger partial charge is 0.399 e. The highest BCUT2D eigenvalue weighted by Gasteiger charge is 2.18. The molecule has 0 saturated heterocycles. The number of halogens is 1. The second-order valence-corrected chi connectivity index (χ2v) is 7.50.